The number of nitrogens with one attached hydrogen (secondary N) is 1. The number of Topliss-reactive ketones (excluding diaryl/α,β-unsaturated/α-hetero) is 2. The van der Waals surface area contributed by atoms with Gasteiger partial charge in [-0.1, -0.05) is 30.3 Å². The third-order valence-electron chi connectivity index (χ3n) is 2.46. The molecule has 108 valence electrons. The molecule has 1 rings (SSSR count). The Morgan fingerprint density at radius 2 is 1.70 bits per heavy atom. The van der Waals surface area contributed by atoms with Gasteiger partial charge in [0.1, 0.15) is 0 Å². The van der Waals surface area contributed by atoms with Crippen LogP contribution in [0.1, 0.15) is 12.5 Å². The maximum atomic E-state index is 12.3. The van der Waals surface area contributed by atoms with Gasteiger partial charge in [0.05, 0.1) is 6.04 Å². The van der Waals surface area contributed by atoms with Crippen molar-refractivity contribution in [3.63, 3.8) is 0 Å². The fourth-order valence-electron chi connectivity index (χ4n) is 1.60. The molecule has 1 aromatic rings. The zero-order valence-electron chi connectivity index (χ0n) is 10.5. The van der Waals surface area contributed by atoms with E-state index in [-0.39, 0.29) is 6.42 Å². The molecule has 0 radical (unpaired) electrons. The first kappa shape index (κ1) is 15.9. The molecule has 0 bridgehead atoms. The average Bonchev–Trinajstić information content (AvgIpc) is 2.36. The van der Waals surface area contributed by atoms with Crippen molar-refractivity contribution < 1.29 is 27.6 Å². The predicted octanol–water partition coefficient (Wildman–Crippen LogP) is 1.43. The number of halogens is 3. The van der Waals surface area contributed by atoms with E-state index in [9.17, 15) is 27.6 Å². The van der Waals surface area contributed by atoms with Gasteiger partial charge in [0.15, 0.2) is 0 Å². The summed E-state index contributed by atoms with van der Waals surface area (Å²) in [5, 5.41) is 2.07. The molecule has 1 aromatic carbocycles. The Morgan fingerprint density at radius 1 is 1.15 bits per heavy atom. The molecular formula is C13H12F3NO3. The van der Waals surface area contributed by atoms with E-state index in [1.165, 1.54) is 0 Å². The maximum absolute atomic E-state index is 12.3. The first-order chi connectivity index (χ1) is 9.21. The van der Waals surface area contributed by atoms with Crippen LogP contribution in [-0.4, -0.2) is 29.7 Å². The standard InChI is InChI=1S/C13H12F3NO3/c1-8(18)17-10(7-9-5-3-2-4-6-9)11(19)12(20)13(14,15)16/h2-6,10H,7H2,1H3,(H,17,18). The lowest BCUT2D eigenvalue weighted by atomic mass is 9.99. The summed E-state index contributed by atoms with van der Waals surface area (Å²) >= 11 is 0. The van der Waals surface area contributed by atoms with Gasteiger partial charge < -0.3 is 5.32 Å². The van der Waals surface area contributed by atoms with E-state index in [0.29, 0.717) is 5.56 Å². The fraction of sp³-hybridized carbons (Fsp3) is 0.308. The first-order valence-electron chi connectivity index (χ1n) is 5.68. The molecule has 1 amide bonds. The van der Waals surface area contributed by atoms with Crippen LogP contribution in [0.15, 0.2) is 30.3 Å². The van der Waals surface area contributed by atoms with Gasteiger partial charge in [0, 0.05) is 13.3 Å². The minimum atomic E-state index is -5.25. The average molecular weight is 287 g/mol. The number of rotatable bonds is 5. The van der Waals surface area contributed by atoms with Gasteiger partial charge in [0.2, 0.25) is 11.7 Å². The molecule has 0 spiro atoms. The quantitative estimate of drug-likeness (QED) is 0.833. The summed E-state index contributed by atoms with van der Waals surface area (Å²) in [7, 11) is 0. The van der Waals surface area contributed by atoms with Crippen LogP contribution in [0.4, 0.5) is 13.2 Å². The summed E-state index contributed by atoms with van der Waals surface area (Å²) in [6.07, 6.45) is -5.43. The lowest BCUT2D eigenvalue weighted by Gasteiger charge is -2.16. The third-order valence-corrected chi connectivity index (χ3v) is 2.46. The van der Waals surface area contributed by atoms with E-state index in [1.807, 2.05) is 0 Å². The van der Waals surface area contributed by atoms with Gasteiger partial charge >= 0.3 is 12.0 Å². The molecule has 0 aliphatic carbocycles. The Hall–Kier alpha value is -2.18. The highest BCUT2D eigenvalue weighted by Gasteiger charge is 2.45. The van der Waals surface area contributed by atoms with Gasteiger partial charge in [-0.15, -0.1) is 0 Å². The van der Waals surface area contributed by atoms with E-state index >= 15 is 0 Å². The van der Waals surface area contributed by atoms with Gasteiger partial charge in [-0.25, -0.2) is 0 Å². The normalized spacial score (nSPS) is 12.6. The topological polar surface area (TPSA) is 63.2 Å². The second kappa shape index (κ2) is 6.31. The molecular weight excluding hydrogens is 275 g/mol. The van der Waals surface area contributed by atoms with E-state index < -0.39 is 29.7 Å². The fourth-order valence-corrected chi connectivity index (χ4v) is 1.60. The minimum Gasteiger partial charge on any atom is -0.346 e. The summed E-state index contributed by atoms with van der Waals surface area (Å²) in [6, 6.07) is 6.61. The zero-order chi connectivity index (χ0) is 15.3. The van der Waals surface area contributed by atoms with Crippen molar-refractivity contribution in [1.29, 1.82) is 0 Å². The highest BCUT2D eigenvalue weighted by atomic mass is 19.4. The predicted molar refractivity (Wildman–Crippen MR) is 63.8 cm³/mol. The Labute approximate surface area is 113 Å². The van der Waals surface area contributed by atoms with Crippen molar-refractivity contribution in [2.24, 2.45) is 0 Å². The Bertz CT molecular complexity index is 511. The van der Waals surface area contributed by atoms with Crippen molar-refractivity contribution in [1.82, 2.24) is 5.32 Å². The first-order valence-corrected chi connectivity index (χ1v) is 5.68. The van der Waals surface area contributed by atoms with Crippen LogP contribution in [0, 0.1) is 0 Å². The molecule has 0 aliphatic rings. The maximum Gasteiger partial charge on any atom is 0.458 e. The van der Waals surface area contributed by atoms with Crippen LogP contribution in [-0.2, 0) is 20.8 Å². The molecule has 0 saturated heterocycles. The van der Waals surface area contributed by atoms with Crippen LogP contribution in [0.5, 0.6) is 0 Å². The molecule has 0 aromatic heterocycles. The molecule has 20 heavy (non-hydrogen) atoms. The van der Waals surface area contributed by atoms with E-state index in [0.717, 1.165) is 6.92 Å². The molecule has 1 N–H and O–H groups in total. The molecule has 0 fully saturated rings. The van der Waals surface area contributed by atoms with E-state index in [2.05, 4.69) is 5.32 Å². The summed E-state index contributed by atoms with van der Waals surface area (Å²) in [5.74, 6) is -4.82. The van der Waals surface area contributed by atoms with Gasteiger partial charge in [-0.2, -0.15) is 13.2 Å². The van der Waals surface area contributed by atoms with Crippen molar-refractivity contribution in [2.45, 2.75) is 25.6 Å². The number of benzene rings is 1. The molecule has 1 unspecified atom stereocenters. The van der Waals surface area contributed by atoms with Gasteiger partial charge in [-0.05, 0) is 5.56 Å². The summed E-state index contributed by atoms with van der Waals surface area (Å²) in [4.78, 5) is 33.5. The summed E-state index contributed by atoms with van der Waals surface area (Å²) < 4.78 is 36.8. The van der Waals surface area contributed by atoms with Crippen LogP contribution in [0.3, 0.4) is 0 Å². The number of amides is 1. The van der Waals surface area contributed by atoms with Crippen molar-refractivity contribution in [3.8, 4) is 0 Å². The molecule has 0 heterocycles. The smallest absolute Gasteiger partial charge is 0.346 e. The lowest BCUT2D eigenvalue weighted by molar-refractivity contribution is -0.175. The number of hydrogen-bond acceptors (Lipinski definition) is 3. The second-order valence-electron chi connectivity index (χ2n) is 4.13. The number of ketones is 2. The molecule has 0 aliphatic heterocycles. The van der Waals surface area contributed by atoms with Crippen molar-refractivity contribution in [3.05, 3.63) is 35.9 Å². The number of alkyl halides is 3. The van der Waals surface area contributed by atoms with Crippen LogP contribution in [0.2, 0.25) is 0 Å². The molecule has 7 heteroatoms. The monoisotopic (exact) mass is 287 g/mol. The van der Waals surface area contributed by atoms with E-state index in [4.69, 9.17) is 0 Å². The summed E-state index contributed by atoms with van der Waals surface area (Å²) in [5.41, 5.74) is 0.537. The van der Waals surface area contributed by atoms with Crippen molar-refractivity contribution >= 4 is 17.5 Å². The van der Waals surface area contributed by atoms with Crippen LogP contribution >= 0.6 is 0 Å². The molecule has 1 atom stereocenters. The summed E-state index contributed by atoms with van der Waals surface area (Å²) in [6.45, 7) is 1.06. The third kappa shape index (κ3) is 4.49. The highest BCUT2D eigenvalue weighted by molar-refractivity contribution is 6.41. The number of carbonyl (C=O) groups is 3. The SMILES string of the molecule is CC(=O)NC(Cc1ccccc1)C(=O)C(=O)C(F)(F)F. The molecule has 0 saturated carbocycles. The Kier molecular flexibility index (Phi) is 5.01. The number of carbonyl (C=O) groups excluding carboxylic acids is 3. The minimum absolute atomic E-state index is 0.179. The largest absolute Gasteiger partial charge is 0.458 e. The van der Waals surface area contributed by atoms with E-state index in [1.54, 1.807) is 30.3 Å². The van der Waals surface area contributed by atoms with Crippen molar-refractivity contribution in [2.75, 3.05) is 0 Å². The van der Waals surface area contributed by atoms with Gasteiger partial charge in [-0.3, -0.25) is 14.4 Å². The molecule has 4 nitrogen and oxygen atoms in total. The Morgan fingerprint density at radius 3 is 2.15 bits per heavy atom. The number of hydrogen-bond donors (Lipinski definition) is 1. The van der Waals surface area contributed by atoms with Gasteiger partial charge in [0.25, 0.3) is 0 Å². The Balaban J connectivity index is 2.92. The second-order valence-corrected chi connectivity index (χ2v) is 4.13. The zero-order valence-corrected chi connectivity index (χ0v) is 10.5. The van der Waals surface area contributed by atoms with Crippen LogP contribution < -0.4 is 5.32 Å². The van der Waals surface area contributed by atoms with Crippen LogP contribution in [0.25, 0.3) is 0 Å². The lowest BCUT2D eigenvalue weighted by Crippen LogP contribution is -2.48. The highest BCUT2D eigenvalue weighted by Crippen LogP contribution is 2.18.